The molecule has 0 fully saturated rings. The zero-order valence-electron chi connectivity index (χ0n) is 16.6. The van der Waals surface area contributed by atoms with Gasteiger partial charge >= 0.3 is 0 Å². The number of nitrogens with one attached hydrogen (secondary N) is 1. The van der Waals surface area contributed by atoms with Crippen LogP contribution in [0.5, 0.6) is 11.5 Å². The van der Waals surface area contributed by atoms with Gasteiger partial charge in [-0.15, -0.1) is 0 Å². The number of ketones is 1. The summed E-state index contributed by atoms with van der Waals surface area (Å²) in [5.74, 6) is 0.106. The lowest BCUT2D eigenvalue weighted by molar-refractivity contribution is -0.117. The number of methoxy groups -OCH3 is 1. The van der Waals surface area contributed by atoms with E-state index in [0.29, 0.717) is 22.7 Å². The molecular weight excluding hydrogens is 370 g/mol. The molecule has 0 aliphatic carbocycles. The normalized spacial score (nSPS) is 10.4. The van der Waals surface area contributed by atoms with Gasteiger partial charge in [0.05, 0.1) is 36.3 Å². The number of benzene rings is 2. The van der Waals surface area contributed by atoms with Crippen molar-refractivity contribution in [3.63, 3.8) is 0 Å². The predicted molar refractivity (Wildman–Crippen MR) is 109 cm³/mol. The van der Waals surface area contributed by atoms with Crippen molar-refractivity contribution in [3.8, 4) is 17.2 Å². The van der Waals surface area contributed by atoms with E-state index in [1.54, 1.807) is 49.9 Å². The Morgan fingerprint density at radius 2 is 1.66 bits per heavy atom. The molecule has 29 heavy (non-hydrogen) atoms. The summed E-state index contributed by atoms with van der Waals surface area (Å²) in [5, 5.41) is 7.02. The molecule has 0 saturated heterocycles. The molecule has 1 N–H and O–H groups in total. The molecule has 1 amide bonds. The molecule has 0 unspecified atom stereocenters. The number of Topliss-reactive ketones (excluding diaryl/α,β-unsaturated/α-hetero) is 1. The first-order valence-electron chi connectivity index (χ1n) is 9.22. The molecule has 0 atom stereocenters. The molecule has 7 heteroatoms. The third-order valence-electron chi connectivity index (χ3n) is 4.44. The summed E-state index contributed by atoms with van der Waals surface area (Å²) >= 11 is 0. The van der Waals surface area contributed by atoms with Gasteiger partial charge in [-0.25, -0.2) is 4.68 Å². The maximum absolute atomic E-state index is 12.6. The van der Waals surface area contributed by atoms with Crippen molar-refractivity contribution in [2.45, 2.75) is 13.8 Å². The van der Waals surface area contributed by atoms with Gasteiger partial charge in [0.15, 0.2) is 0 Å². The topological polar surface area (TPSA) is 82.4 Å². The Labute approximate surface area is 169 Å². The van der Waals surface area contributed by atoms with Crippen LogP contribution in [0.2, 0.25) is 0 Å². The van der Waals surface area contributed by atoms with Crippen LogP contribution >= 0.6 is 0 Å². The Morgan fingerprint density at radius 3 is 2.31 bits per heavy atom. The van der Waals surface area contributed by atoms with Crippen molar-refractivity contribution in [3.05, 3.63) is 71.5 Å². The lowest BCUT2D eigenvalue weighted by atomic mass is 10.1. The van der Waals surface area contributed by atoms with Crippen molar-refractivity contribution in [1.82, 2.24) is 15.1 Å². The highest BCUT2D eigenvalue weighted by Crippen LogP contribution is 2.19. The van der Waals surface area contributed by atoms with Gasteiger partial charge in [-0.2, -0.15) is 5.10 Å². The zero-order chi connectivity index (χ0) is 20.8. The first kappa shape index (κ1) is 20.1. The maximum Gasteiger partial charge on any atom is 0.292 e. The number of nitrogens with zero attached hydrogens (tertiary/aromatic N) is 2. The van der Waals surface area contributed by atoms with E-state index in [0.717, 1.165) is 11.4 Å². The first-order chi connectivity index (χ1) is 14.0. The molecule has 3 rings (SSSR count). The van der Waals surface area contributed by atoms with E-state index in [1.807, 2.05) is 30.3 Å². The van der Waals surface area contributed by atoms with Crippen molar-refractivity contribution in [2.75, 3.05) is 20.3 Å². The van der Waals surface area contributed by atoms with Gasteiger partial charge in [-0.05, 0) is 50.2 Å². The van der Waals surface area contributed by atoms with Crippen molar-refractivity contribution >= 4 is 11.7 Å². The van der Waals surface area contributed by atoms with E-state index in [1.165, 1.54) is 0 Å². The molecule has 1 aromatic heterocycles. The summed E-state index contributed by atoms with van der Waals surface area (Å²) < 4.78 is 12.3. The molecule has 150 valence electrons. The minimum absolute atomic E-state index is 0.210. The fourth-order valence-corrected chi connectivity index (χ4v) is 2.99. The minimum atomic E-state index is -0.679. The Hall–Kier alpha value is -3.61. The van der Waals surface area contributed by atoms with Gasteiger partial charge < -0.3 is 14.8 Å². The number of rotatable bonds is 8. The molecule has 3 aromatic rings. The monoisotopic (exact) mass is 393 g/mol. The standard InChI is InChI=1S/C22H23N3O4/c1-15-20(16(2)25(24-15)17-7-5-4-6-8-17)21(26)22(27)23-13-14-29-19-11-9-18(28-3)10-12-19/h4-12H,13-14H2,1-3H3,(H,23,27). The predicted octanol–water partition coefficient (Wildman–Crippen LogP) is 2.88. The van der Waals surface area contributed by atoms with E-state index in [9.17, 15) is 9.59 Å². The average Bonchev–Trinajstić information content (AvgIpc) is 3.05. The number of carbonyl (C=O) groups excluding carboxylic acids is 2. The van der Waals surface area contributed by atoms with Crippen LogP contribution in [-0.4, -0.2) is 41.7 Å². The minimum Gasteiger partial charge on any atom is -0.497 e. The lowest BCUT2D eigenvalue weighted by Crippen LogP contribution is -2.34. The fourth-order valence-electron chi connectivity index (χ4n) is 2.99. The molecule has 0 aliphatic heterocycles. The fraction of sp³-hybridized carbons (Fsp3) is 0.227. The van der Waals surface area contributed by atoms with E-state index >= 15 is 0 Å². The number of para-hydroxylation sites is 1. The molecule has 0 aliphatic rings. The quantitative estimate of drug-likeness (QED) is 0.362. The van der Waals surface area contributed by atoms with Gasteiger partial charge in [-0.3, -0.25) is 9.59 Å². The zero-order valence-corrected chi connectivity index (χ0v) is 16.6. The second-order valence-electron chi connectivity index (χ2n) is 6.40. The second-order valence-corrected chi connectivity index (χ2v) is 6.40. The van der Waals surface area contributed by atoms with Gasteiger partial charge in [0, 0.05) is 0 Å². The summed E-state index contributed by atoms with van der Waals surface area (Å²) in [5.41, 5.74) is 2.30. The van der Waals surface area contributed by atoms with Crippen LogP contribution in [0, 0.1) is 13.8 Å². The molecule has 0 spiro atoms. The summed E-state index contributed by atoms with van der Waals surface area (Å²) in [6.45, 7) is 3.95. The Kier molecular flexibility index (Phi) is 6.29. The molecule has 0 saturated carbocycles. The van der Waals surface area contributed by atoms with Gasteiger partial charge in [0.1, 0.15) is 18.1 Å². The molecule has 0 bridgehead atoms. The number of amides is 1. The first-order valence-corrected chi connectivity index (χ1v) is 9.22. The number of hydrogen-bond donors (Lipinski definition) is 1. The van der Waals surface area contributed by atoms with Crippen LogP contribution in [0.3, 0.4) is 0 Å². The van der Waals surface area contributed by atoms with Gasteiger partial charge in [0.25, 0.3) is 11.7 Å². The van der Waals surface area contributed by atoms with E-state index in [-0.39, 0.29) is 13.2 Å². The van der Waals surface area contributed by atoms with Crippen molar-refractivity contribution < 1.29 is 19.1 Å². The lowest BCUT2D eigenvalue weighted by Gasteiger charge is -2.08. The summed E-state index contributed by atoms with van der Waals surface area (Å²) in [4.78, 5) is 25.0. The van der Waals surface area contributed by atoms with Gasteiger partial charge in [0.2, 0.25) is 0 Å². The van der Waals surface area contributed by atoms with Crippen LogP contribution in [0.1, 0.15) is 21.7 Å². The molecule has 7 nitrogen and oxygen atoms in total. The SMILES string of the molecule is COc1ccc(OCCNC(=O)C(=O)c2c(C)nn(-c3ccccc3)c2C)cc1. The summed E-state index contributed by atoms with van der Waals surface area (Å²) in [6.07, 6.45) is 0. The highest BCUT2D eigenvalue weighted by Gasteiger charge is 2.24. The van der Waals surface area contributed by atoms with Crippen LogP contribution in [0.4, 0.5) is 0 Å². The van der Waals surface area contributed by atoms with Gasteiger partial charge in [-0.1, -0.05) is 18.2 Å². The van der Waals surface area contributed by atoms with E-state index in [2.05, 4.69) is 10.4 Å². The second kappa shape index (κ2) is 9.05. The summed E-state index contributed by atoms with van der Waals surface area (Å²) in [7, 11) is 1.59. The molecule has 2 aromatic carbocycles. The third kappa shape index (κ3) is 4.63. The maximum atomic E-state index is 12.6. The Morgan fingerprint density at radius 1 is 1.00 bits per heavy atom. The average molecular weight is 393 g/mol. The number of hydrogen-bond acceptors (Lipinski definition) is 5. The van der Waals surface area contributed by atoms with Crippen LogP contribution in [-0.2, 0) is 4.79 Å². The Bertz CT molecular complexity index is 995. The van der Waals surface area contributed by atoms with Crippen LogP contribution in [0.15, 0.2) is 54.6 Å². The van der Waals surface area contributed by atoms with Crippen LogP contribution in [0.25, 0.3) is 5.69 Å². The Balaban J connectivity index is 1.59. The number of aryl methyl sites for hydroxylation is 1. The number of ether oxygens (including phenoxy) is 2. The van der Waals surface area contributed by atoms with E-state index in [4.69, 9.17) is 9.47 Å². The van der Waals surface area contributed by atoms with E-state index < -0.39 is 11.7 Å². The van der Waals surface area contributed by atoms with Crippen LogP contribution < -0.4 is 14.8 Å². The molecular formula is C22H23N3O4. The third-order valence-corrected chi connectivity index (χ3v) is 4.44. The largest absolute Gasteiger partial charge is 0.497 e. The highest BCUT2D eigenvalue weighted by atomic mass is 16.5. The smallest absolute Gasteiger partial charge is 0.292 e. The molecule has 0 radical (unpaired) electrons. The number of aromatic nitrogens is 2. The van der Waals surface area contributed by atoms with Crippen molar-refractivity contribution in [1.29, 1.82) is 0 Å². The summed E-state index contributed by atoms with van der Waals surface area (Å²) in [6, 6.07) is 16.6. The number of carbonyl (C=O) groups is 2. The molecule has 1 heterocycles. The van der Waals surface area contributed by atoms with Crippen molar-refractivity contribution in [2.24, 2.45) is 0 Å². The highest BCUT2D eigenvalue weighted by molar-refractivity contribution is 6.43.